The second-order valence-electron chi connectivity index (χ2n) is 4.02. The molecule has 0 aliphatic carbocycles. The second-order valence-corrected chi connectivity index (χ2v) is 5.34. The summed E-state index contributed by atoms with van der Waals surface area (Å²) in [6, 6.07) is 9.88. The minimum atomic E-state index is -1.25. The van der Waals surface area contributed by atoms with Gasteiger partial charge >= 0.3 is 5.97 Å². The van der Waals surface area contributed by atoms with Crippen LogP contribution in [-0.2, 0) is 6.61 Å². The quantitative estimate of drug-likeness (QED) is 0.865. The molecule has 0 bridgehead atoms. The molecule has 0 fully saturated rings. The average molecular weight is 358 g/mol. The summed E-state index contributed by atoms with van der Waals surface area (Å²) < 4.78 is 6.44. The van der Waals surface area contributed by atoms with Crippen molar-refractivity contribution in [2.24, 2.45) is 0 Å². The molecule has 0 aliphatic heterocycles. The Morgan fingerprint density at radius 3 is 2.50 bits per heavy atom. The van der Waals surface area contributed by atoms with Gasteiger partial charge in [-0.25, -0.2) is 4.79 Å². The second kappa shape index (κ2) is 6.15. The molecule has 104 valence electrons. The number of rotatable bonds is 4. The van der Waals surface area contributed by atoms with E-state index < -0.39 is 5.97 Å². The number of halogens is 2. The van der Waals surface area contributed by atoms with Gasteiger partial charge in [0.15, 0.2) is 0 Å². The lowest BCUT2D eigenvalue weighted by atomic mass is 10.2. The highest BCUT2D eigenvalue weighted by Gasteiger charge is 2.14. The van der Waals surface area contributed by atoms with Crippen molar-refractivity contribution in [3.8, 4) is 11.5 Å². The van der Waals surface area contributed by atoms with Crippen molar-refractivity contribution in [2.75, 3.05) is 0 Å². The van der Waals surface area contributed by atoms with Gasteiger partial charge in [0.2, 0.25) is 0 Å². The fourth-order valence-corrected chi connectivity index (χ4v) is 2.05. The molecule has 2 aromatic rings. The molecule has 2 N–H and O–H groups in total. The minimum Gasteiger partial charge on any atom is -0.507 e. The number of aromatic carboxylic acids is 1. The summed E-state index contributed by atoms with van der Waals surface area (Å²) in [5.41, 5.74) is 0.664. The van der Waals surface area contributed by atoms with E-state index in [1.165, 1.54) is 6.07 Å². The third-order valence-electron chi connectivity index (χ3n) is 2.59. The molecular weight excluding hydrogens is 348 g/mol. The van der Waals surface area contributed by atoms with Crippen molar-refractivity contribution in [3.05, 3.63) is 57.0 Å². The number of phenols is 1. The molecule has 2 aromatic carbocycles. The van der Waals surface area contributed by atoms with Gasteiger partial charge in [0.25, 0.3) is 0 Å². The monoisotopic (exact) mass is 356 g/mol. The van der Waals surface area contributed by atoms with Crippen LogP contribution in [0, 0.1) is 0 Å². The van der Waals surface area contributed by atoms with Gasteiger partial charge in [-0.15, -0.1) is 0 Å². The van der Waals surface area contributed by atoms with Crippen molar-refractivity contribution >= 4 is 33.5 Å². The lowest BCUT2D eigenvalue weighted by Crippen LogP contribution is -2.00. The van der Waals surface area contributed by atoms with Gasteiger partial charge in [-0.1, -0.05) is 39.7 Å². The Bertz CT molecular complexity index is 640. The van der Waals surface area contributed by atoms with Gasteiger partial charge < -0.3 is 14.9 Å². The largest absolute Gasteiger partial charge is 0.507 e. The van der Waals surface area contributed by atoms with E-state index in [1.807, 2.05) is 24.3 Å². The molecule has 2 rings (SSSR count). The van der Waals surface area contributed by atoms with Crippen molar-refractivity contribution in [1.82, 2.24) is 0 Å². The number of carbonyl (C=O) groups is 1. The Morgan fingerprint density at radius 1 is 1.25 bits per heavy atom. The fourth-order valence-electron chi connectivity index (χ4n) is 1.57. The standard InChI is InChI=1S/C14H10BrClO4/c15-9-3-1-8(2-4-9)7-20-13-6-12(17)10(14(18)19)5-11(13)16/h1-6,17H,7H2,(H,18,19). The predicted molar refractivity (Wildman–Crippen MR) is 78.6 cm³/mol. The molecule has 0 atom stereocenters. The zero-order valence-electron chi connectivity index (χ0n) is 10.1. The van der Waals surface area contributed by atoms with Crippen molar-refractivity contribution in [1.29, 1.82) is 0 Å². The number of carboxylic acids is 1. The highest BCUT2D eigenvalue weighted by atomic mass is 79.9. The van der Waals surface area contributed by atoms with Crippen molar-refractivity contribution in [2.45, 2.75) is 6.61 Å². The molecular formula is C14H10BrClO4. The third kappa shape index (κ3) is 3.43. The number of carboxylic acid groups (broad SMARTS) is 1. The zero-order valence-corrected chi connectivity index (χ0v) is 12.5. The predicted octanol–water partition coefficient (Wildman–Crippen LogP) is 4.09. The van der Waals surface area contributed by atoms with Crippen LogP contribution in [0.3, 0.4) is 0 Å². The van der Waals surface area contributed by atoms with Gasteiger partial charge in [-0.05, 0) is 23.8 Å². The van der Waals surface area contributed by atoms with Gasteiger partial charge in [-0.2, -0.15) is 0 Å². The lowest BCUT2D eigenvalue weighted by molar-refractivity contribution is 0.0693. The summed E-state index contributed by atoms with van der Waals surface area (Å²) >= 11 is 9.26. The lowest BCUT2D eigenvalue weighted by Gasteiger charge is -2.10. The normalized spacial score (nSPS) is 10.3. The van der Waals surface area contributed by atoms with Crippen LogP contribution in [0.15, 0.2) is 40.9 Å². The summed E-state index contributed by atoms with van der Waals surface area (Å²) in [6.07, 6.45) is 0. The molecule has 0 spiro atoms. The van der Waals surface area contributed by atoms with Crippen LogP contribution < -0.4 is 4.74 Å². The topological polar surface area (TPSA) is 66.8 Å². The molecule has 6 heteroatoms. The maximum absolute atomic E-state index is 10.8. The molecule has 0 unspecified atom stereocenters. The van der Waals surface area contributed by atoms with Crippen LogP contribution in [-0.4, -0.2) is 16.2 Å². The number of hydrogen-bond donors (Lipinski definition) is 2. The summed E-state index contributed by atoms with van der Waals surface area (Å²) in [4.78, 5) is 10.8. The summed E-state index contributed by atoms with van der Waals surface area (Å²) in [7, 11) is 0. The maximum Gasteiger partial charge on any atom is 0.339 e. The van der Waals surface area contributed by atoms with Gasteiger partial charge in [0, 0.05) is 10.5 Å². The molecule has 0 amide bonds. The van der Waals surface area contributed by atoms with Crippen LogP contribution in [0.4, 0.5) is 0 Å². The summed E-state index contributed by atoms with van der Waals surface area (Å²) in [5, 5.41) is 18.6. The summed E-state index contributed by atoms with van der Waals surface area (Å²) in [6.45, 7) is 0.263. The minimum absolute atomic E-state index is 0.136. The van der Waals surface area contributed by atoms with E-state index in [4.69, 9.17) is 21.4 Å². The average Bonchev–Trinajstić information content (AvgIpc) is 2.41. The first kappa shape index (κ1) is 14.7. The molecule has 20 heavy (non-hydrogen) atoms. The molecule has 0 aliphatic rings. The maximum atomic E-state index is 10.8. The van der Waals surface area contributed by atoms with Crippen LogP contribution in [0.2, 0.25) is 5.02 Å². The van der Waals surface area contributed by atoms with Crippen molar-refractivity contribution < 1.29 is 19.7 Å². The van der Waals surface area contributed by atoms with E-state index in [2.05, 4.69) is 15.9 Å². The number of hydrogen-bond acceptors (Lipinski definition) is 3. The van der Waals surface area contributed by atoms with Gasteiger partial charge in [0.1, 0.15) is 23.7 Å². The third-order valence-corrected chi connectivity index (χ3v) is 3.41. The first-order valence-corrected chi connectivity index (χ1v) is 6.77. The highest BCUT2D eigenvalue weighted by molar-refractivity contribution is 9.10. The molecule has 0 saturated heterocycles. The van der Waals surface area contributed by atoms with E-state index >= 15 is 0 Å². The molecule has 0 aromatic heterocycles. The SMILES string of the molecule is O=C(O)c1cc(Cl)c(OCc2ccc(Br)cc2)cc1O. The molecule has 4 nitrogen and oxygen atoms in total. The first-order valence-electron chi connectivity index (χ1n) is 5.60. The van der Waals surface area contributed by atoms with E-state index in [-0.39, 0.29) is 28.7 Å². The molecule has 0 saturated carbocycles. The zero-order chi connectivity index (χ0) is 14.7. The Kier molecular flexibility index (Phi) is 4.52. The van der Waals surface area contributed by atoms with Gasteiger partial charge in [0.05, 0.1) is 5.02 Å². The Balaban J connectivity index is 2.16. The van der Waals surface area contributed by atoms with Crippen molar-refractivity contribution in [3.63, 3.8) is 0 Å². The molecule has 0 radical (unpaired) electrons. The Labute approximate surface area is 128 Å². The number of aromatic hydroxyl groups is 1. The molecule has 0 heterocycles. The Morgan fingerprint density at radius 2 is 1.90 bits per heavy atom. The number of ether oxygens (including phenoxy) is 1. The van der Waals surface area contributed by atoms with E-state index in [1.54, 1.807) is 0 Å². The summed E-state index contributed by atoms with van der Waals surface area (Å²) in [5.74, 6) is -1.39. The Hall–Kier alpha value is -1.72. The van der Waals surface area contributed by atoms with Crippen LogP contribution in [0.5, 0.6) is 11.5 Å². The smallest absolute Gasteiger partial charge is 0.339 e. The highest BCUT2D eigenvalue weighted by Crippen LogP contribution is 2.32. The van der Waals surface area contributed by atoms with Crippen LogP contribution in [0.1, 0.15) is 15.9 Å². The van der Waals surface area contributed by atoms with E-state index in [9.17, 15) is 9.90 Å². The van der Waals surface area contributed by atoms with Crippen LogP contribution >= 0.6 is 27.5 Å². The number of benzene rings is 2. The van der Waals surface area contributed by atoms with Gasteiger partial charge in [-0.3, -0.25) is 0 Å². The van der Waals surface area contributed by atoms with E-state index in [0.717, 1.165) is 16.1 Å². The fraction of sp³-hybridized carbons (Fsp3) is 0.0714. The van der Waals surface area contributed by atoms with E-state index in [0.29, 0.717) is 0 Å². The van der Waals surface area contributed by atoms with Crippen LogP contribution in [0.25, 0.3) is 0 Å². The first-order chi connectivity index (χ1) is 9.47.